The Kier molecular flexibility index (Phi) is 4.09. The molecule has 19 heavy (non-hydrogen) atoms. The zero-order valence-electron chi connectivity index (χ0n) is 12.8. The molecule has 2 aliphatic heterocycles. The Morgan fingerprint density at radius 3 is 2.74 bits per heavy atom. The highest BCUT2D eigenvalue weighted by molar-refractivity contribution is 5.68. The summed E-state index contributed by atoms with van der Waals surface area (Å²) in [4.78, 5) is 14.2. The zero-order chi connectivity index (χ0) is 14.1. The summed E-state index contributed by atoms with van der Waals surface area (Å²) in [6, 6.07) is 0. The van der Waals surface area contributed by atoms with Crippen LogP contribution in [0.25, 0.3) is 0 Å². The van der Waals surface area contributed by atoms with Crippen molar-refractivity contribution in [2.45, 2.75) is 52.6 Å². The lowest BCUT2D eigenvalue weighted by Gasteiger charge is -2.30. The summed E-state index contributed by atoms with van der Waals surface area (Å²) in [6.45, 7) is 12.2. The Balaban J connectivity index is 1.87. The number of likely N-dealkylation sites (tertiary alicyclic amines) is 1. The molecule has 2 fully saturated rings. The summed E-state index contributed by atoms with van der Waals surface area (Å²) in [7, 11) is 0. The Labute approximate surface area is 116 Å². The van der Waals surface area contributed by atoms with Crippen molar-refractivity contribution in [2.24, 2.45) is 11.3 Å². The second-order valence-corrected chi connectivity index (χ2v) is 7.32. The van der Waals surface area contributed by atoms with E-state index in [1.165, 1.54) is 6.42 Å². The fraction of sp³-hybridized carbons (Fsp3) is 0.933. The fourth-order valence-corrected chi connectivity index (χ4v) is 3.56. The third-order valence-electron chi connectivity index (χ3n) is 4.29. The van der Waals surface area contributed by atoms with E-state index in [4.69, 9.17) is 4.74 Å². The Hall–Kier alpha value is -0.770. The number of carbonyl (C=O) groups is 1. The van der Waals surface area contributed by atoms with Gasteiger partial charge in [0.1, 0.15) is 5.60 Å². The molecular formula is C15H28N2O2. The van der Waals surface area contributed by atoms with Crippen molar-refractivity contribution in [1.29, 1.82) is 0 Å². The van der Waals surface area contributed by atoms with Crippen LogP contribution >= 0.6 is 0 Å². The first kappa shape index (κ1) is 14.6. The maximum absolute atomic E-state index is 12.3. The van der Waals surface area contributed by atoms with Crippen molar-refractivity contribution >= 4 is 6.09 Å². The molecule has 1 amide bonds. The van der Waals surface area contributed by atoms with Crippen LogP contribution in [-0.2, 0) is 4.74 Å². The van der Waals surface area contributed by atoms with Crippen molar-refractivity contribution < 1.29 is 9.53 Å². The largest absolute Gasteiger partial charge is 0.443 e. The first-order valence-corrected chi connectivity index (χ1v) is 7.51. The van der Waals surface area contributed by atoms with E-state index in [9.17, 15) is 4.79 Å². The standard InChI is InChI=1S/C15H28N2O2/c1-12(2)9-14(3,4)19-13(18)17-8-6-15(11-17)5-7-16-10-15/h12,16H,5-11H2,1-4H3. The minimum atomic E-state index is -0.366. The lowest BCUT2D eigenvalue weighted by molar-refractivity contribution is 0.00363. The molecular weight excluding hydrogens is 240 g/mol. The Morgan fingerprint density at radius 2 is 2.16 bits per heavy atom. The molecule has 0 aromatic carbocycles. The van der Waals surface area contributed by atoms with Crippen LogP contribution in [-0.4, -0.2) is 42.8 Å². The van der Waals surface area contributed by atoms with Crippen LogP contribution in [0.1, 0.15) is 47.0 Å². The van der Waals surface area contributed by atoms with Gasteiger partial charge < -0.3 is 15.0 Å². The Morgan fingerprint density at radius 1 is 1.42 bits per heavy atom. The summed E-state index contributed by atoms with van der Waals surface area (Å²) >= 11 is 0. The number of hydrogen-bond acceptors (Lipinski definition) is 3. The van der Waals surface area contributed by atoms with Crippen molar-refractivity contribution in [3.8, 4) is 0 Å². The second kappa shape index (κ2) is 5.31. The number of rotatable bonds is 3. The van der Waals surface area contributed by atoms with E-state index in [1.54, 1.807) is 0 Å². The summed E-state index contributed by atoms with van der Waals surface area (Å²) in [6.07, 6.45) is 3.07. The SMILES string of the molecule is CC(C)CC(C)(C)OC(=O)N1CCC2(CCNC2)C1. The minimum Gasteiger partial charge on any atom is -0.443 e. The molecule has 4 nitrogen and oxygen atoms in total. The van der Waals surface area contributed by atoms with Gasteiger partial charge in [-0.2, -0.15) is 0 Å². The van der Waals surface area contributed by atoms with E-state index in [2.05, 4.69) is 19.2 Å². The maximum Gasteiger partial charge on any atom is 0.410 e. The fourth-order valence-electron chi connectivity index (χ4n) is 3.56. The van der Waals surface area contributed by atoms with E-state index < -0.39 is 0 Å². The van der Waals surface area contributed by atoms with E-state index >= 15 is 0 Å². The van der Waals surface area contributed by atoms with Gasteiger partial charge in [0.15, 0.2) is 0 Å². The topological polar surface area (TPSA) is 41.6 Å². The molecule has 2 heterocycles. The molecule has 4 heteroatoms. The van der Waals surface area contributed by atoms with Crippen LogP contribution in [0.5, 0.6) is 0 Å². The molecule has 1 spiro atoms. The zero-order valence-corrected chi connectivity index (χ0v) is 12.8. The molecule has 0 aliphatic carbocycles. The molecule has 110 valence electrons. The lowest BCUT2D eigenvalue weighted by Crippen LogP contribution is -2.39. The monoisotopic (exact) mass is 268 g/mol. The van der Waals surface area contributed by atoms with Crippen LogP contribution in [0, 0.1) is 11.3 Å². The molecule has 0 radical (unpaired) electrons. The normalized spacial score (nSPS) is 27.5. The van der Waals surface area contributed by atoms with Gasteiger partial charge in [-0.05, 0) is 45.6 Å². The summed E-state index contributed by atoms with van der Waals surface area (Å²) in [5, 5.41) is 3.41. The molecule has 1 N–H and O–H groups in total. The number of amides is 1. The first-order valence-electron chi connectivity index (χ1n) is 7.51. The molecule has 0 aromatic rings. The van der Waals surface area contributed by atoms with Crippen LogP contribution in [0.4, 0.5) is 4.79 Å². The second-order valence-electron chi connectivity index (χ2n) is 7.32. The molecule has 1 unspecified atom stereocenters. The van der Waals surface area contributed by atoms with Crippen molar-refractivity contribution in [1.82, 2.24) is 10.2 Å². The predicted octanol–water partition coefficient (Wildman–Crippen LogP) is 2.63. The number of ether oxygens (including phenoxy) is 1. The molecule has 1 atom stereocenters. The van der Waals surface area contributed by atoms with Crippen molar-refractivity contribution in [3.05, 3.63) is 0 Å². The highest BCUT2D eigenvalue weighted by Gasteiger charge is 2.43. The van der Waals surface area contributed by atoms with Gasteiger partial charge in [-0.25, -0.2) is 4.79 Å². The van der Waals surface area contributed by atoms with Gasteiger partial charge in [0, 0.05) is 25.0 Å². The van der Waals surface area contributed by atoms with Gasteiger partial charge in [0.25, 0.3) is 0 Å². The van der Waals surface area contributed by atoms with Crippen molar-refractivity contribution in [3.63, 3.8) is 0 Å². The molecule has 2 aliphatic rings. The molecule has 0 aromatic heterocycles. The summed E-state index contributed by atoms with van der Waals surface area (Å²) in [5.41, 5.74) is -0.0455. The average molecular weight is 268 g/mol. The van der Waals surface area contributed by atoms with Gasteiger partial charge in [-0.3, -0.25) is 0 Å². The smallest absolute Gasteiger partial charge is 0.410 e. The lowest BCUT2D eigenvalue weighted by atomic mass is 9.87. The average Bonchev–Trinajstić information content (AvgIpc) is 2.87. The van der Waals surface area contributed by atoms with E-state index in [0.29, 0.717) is 11.3 Å². The van der Waals surface area contributed by atoms with Crippen LogP contribution in [0.15, 0.2) is 0 Å². The van der Waals surface area contributed by atoms with Crippen molar-refractivity contribution in [2.75, 3.05) is 26.2 Å². The number of nitrogens with zero attached hydrogens (tertiary/aromatic N) is 1. The first-order chi connectivity index (χ1) is 8.82. The number of nitrogens with one attached hydrogen (secondary N) is 1. The quantitative estimate of drug-likeness (QED) is 0.855. The predicted molar refractivity (Wildman–Crippen MR) is 76.1 cm³/mol. The van der Waals surface area contributed by atoms with Crippen LogP contribution < -0.4 is 5.32 Å². The summed E-state index contributed by atoms with van der Waals surface area (Å²) in [5.74, 6) is 0.534. The van der Waals surface area contributed by atoms with E-state index in [0.717, 1.165) is 39.0 Å². The third-order valence-corrected chi connectivity index (χ3v) is 4.29. The number of carbonyl (C=O) groups excluding carboxylic acids is 1. The maximum atomic E-state index is 12.3. The Bertz CT molecular complexity index is 333. The van der Waals surface area contributed by atoms with Gasteiger partial charge in [-0.1, -0.05) is 13.8 Å². The highest BCUT2D eigenvalue weighted by Crippen LogP contribution is 2.36. The third kappa shape index (κ3) is 3.62. The number of hydrogen-bond donors (Lipinski definition) is 1. The molecule has 2 saturated heterocycles. The molecule has 0 saturated carbocycles. The van der Waals surface area contributed by atoms with Gasteiger partial charge in [0.2, 0.25) is 0 Å². The van der Waals surface area contributed by atoms with Gasteiger partial charge in [-0.15, -0.1) is 0 Å². The van der Waals surface area contributed by atoms with Gasteiger partial charge >= 0.3 is 6.09 Å². The summed E-state index contributed by atoms with van der Waals surface area (Å²) < 4.78 is 5.70. The van der Waals surface area contributed by atoms with Gasteiger partial charge in [0.05, 0.1) is 0 Å². The molecule has 0 bridgehead atoms. The van der Waals surface area contributed by atoms with Crippen LogP contribution in [0.2, 0.25) is 0 Å². The highest BCUT2D eigenvalue weighted by atomic mass is 16.6. The van der Waals surface area contributed by atoms with Crippen LogP contribution in [0.3, 0.4) is 0 Å². The minimum absolute atomic E-state index is 0.130. The molecule has 2 rings (SSSR count). The van der Waals surface area contributed by atoms with E-state index in [1.807, 2.05) is 18.7 Å². The van der Waals surface area contributed by atoms with E-state index in [-0.39, 0.29) is 11.7 Å².